The highest BCUT2D eigenvalue weighted by atomic mass is 32.2. The lowest BCUT2D eigenvalue weighted by atomic mass is 10.0. The molecule has 1 aliphatic rings. The van der Waals surface area contributed by atoms with Crippen molar-refractivity contribution in [3.05, 3.63) is 64.7 Å². The molecule has 0 aliphatic carbocycles. The van der Waals surface area contributed by atoms with E-state index in [0.717, 1.165) is 0 Å². The predicted molar refractivity (Wildman–Crippen MR) is 161 cm³/mol. The number of carboxylic acid groups (broad SMARTS) is 1. The zero-order valence-electron chi connectivity index (χ0n) is 23.5. The fourth-order valence-electron chi connectivity index (χ4n) is 4.91. The summed E-state index contributed by atoms with van der Waals surface area (Å²) in [5, 5.41) is 19.7. The lowest BCUT2D eigenvalue weighted by Crippen LogP contribution is -2.60. The van der Waals surface area contributed by atoms with Crippen LogP contribution in [-0.2, 0) is 14.8 Å². The van der Waals surface area contributed by atoms with E-state index in [4.69, 9.17) is 10.1 Å². The Bertz CT molecular complexity index is 1850. The summed E-state index contributed by atoms with van der Waals surface area (Å²) in [6.45, 7) is 6.71. The Balaban J connectivity index is 1.55. The molecule has 1 saturated heterocycles. The number of anilines is 3. The first kappa shape index (κ1) is 30.3. The average Bonchev–Trinajstić information content (AvgIpc) is 3.34. The molecule has 2 N–H and O–H groups in total. The van der Waals surface area contributed by atoms with Crippen molar-refractivity contribution in [2.75, 3.05) is 35.2 Å². The maximum absolute atomic E-state index is 15.7. The molecular weight excluding hydrogens is 598 g/mol. The van der Waals surface area contributed by atoms with Gasteiger partial charge < -0.3 is 14.9 Å². The van der Waals surface area contributed by atoms with Crippen LogP contribution >= 0.6 is 11.3 Å². The Morgan fingerprint density at radius 2 is 1.91 bits per heavy atom. The number of pyridine rings is 1. The molecule has 0 saturated carbocycles. The maximum atomic E-state index is 15.7. The van der Waals surface area contributed by atoms with Gasteiger partial charge in [0.1, 0.15) is 28.0 Å². The van der Waals surface area contributed by atoms with Crippen molar-refractivity contribution in [2.45, 2.75) is 32.7 Å². The van der Waals surface area contributed by atoms with E-state index < -0.39 is 39.4 Å². The molecule has 2 aromatic carbocycles. The Morgan fingerprint density at radius 1 is 1.21 bits per heavy atom. The van der Waals surface area contributed by atoms with Crippen LogP contribution in [0.3, 0.4) is 0 Å². The van der Waals surface area contributed by atoms with Crippen LogP contribution in [0.2, 0.25) is 0 Å². The molecule has 5 rings (SSSR count). The van der Waals surface area contributed by atoms with Crippen LogP contribution in [0.25, 0.3) is 22.2 Å². The fourth-order valence-corrected chi connectivity index (χ4v) is 6.94. The van der Waals surface area contributed by atoms with Crippen LogP contribution in [0.4, 0.5) is 25.3 Å². The standard InChI is InChI=1S/C29H28F2N6O4S2/c1-4-37(29-34-27(25(12-32)42-29)17-5-7-18(30)8-6-17)24-11-23(16(2)3)33-28-21(24)9-20(10-22(28)31)36-13-19(14-36)35-43(40,41)15-26(38)39/h5-11,16,19,35H,4,13-15H2,1-3H3,(H,38,39). The van der Waals surface area contributed by atoms with Gasteiger partial charge in [-0.05, 0) is 55.3 Å². The molecule has 0 spiro atoms. The van der Waals surface area contributed by atoms with Crippen LogP contribution in [0.15, 0.2) is 42.5 Å². The highest BCUT2D eigenvalue weighted by Crippen LogP contribution is 2.41. The normalized spacial score (nSPS) is 13.7. The Labute approximate surface area is 251 Å². The molecule has 4 aromatic rings. The molecule has 2 aromatic heterocycles. The molecule has 1 aliphatic heterocycles. The number of nitriles is 1. The second kappa shape index (κ2) is 11.8. The minimum Gasteiger partial charge on any atom is -0.480 e. The molecule has 1 fully saturated rings. The molecule has 0 atom stereocenters. The summed E-state index contributed by atoms with van der Waals surface area (Å²) in [4.78, 5) is 24.2. The molecule has 0 bridgehead atoms. The van der Waals surface area contributed by atoms with Gasteiger partial charge in [-0.3, -0.25) is 4.79 Å². The van der Waals surface area contributed by atoms with Gasteiger partial charge in [0.05, 0.1) is 11.7 Å². The fraction of sp³-hybridized carbons (Fsp3) is 0.310. The maximum Gasteiger partial charge on any atom is 0.320 e. The summed E-state index contributed by atoms with van der Waals surface area (Å²) >= 11 is 1.18. The van der Waals surface area contributed by atoms with Crippen molar-refractivity contribution in [1.29, 1.82) is 5.26 Å². The molecule has 0 unspecified atom stereocenters. The second-order valence-electron chi connectivity index (χ2n) is 10.5. The van der Waals surface area contributed by atoms with E-state index in [0.29, 0.717) is 50.3 Å². The molecule has 43 heavy (non-hydrogen) atoms. The van der Waals surface area contributed by atoms with Crippen molar-refractivity contribution >= 4 is 54.7 Å². The first-order chi connectivity index (χ1) is 20.4. The van der Waals surface area contributed by atoms with Gasteiger partial charge >= 0.3 is 5.97 Å². The smallest absolute Gasteiger partial charge is 0.320 e. The van der Waals surface area contributed by atoms with E-state index in [2.05, 4.69) is 15.8 Å². The summed E-state index contributed by atoms with van der Waals surface area (Å²) < 4.78 is 55.6. The SMILES string of the molecule is CCN(c1nc(-c2ccc(F)cc2)c(C#N)s1)c1cc(C(C)C)nc2c(F)cc(N3CC(NS(=O)(=O)CC(=O)O)C3)cc12. The number of rotatable bonds is 10. The molecule has 10 nitrogen and oxygen atoms in total. The van der Waals surface area contributed by atoms with E-state index >= 15 is 4.39 Å². The van der Waals surface area contributed by atoms with Gasteiger partial charge in [-0.15, -0.1) is 0 Å². The number of halogens is 2. The summed E-state index contributed by atoms with van der Waals surface area (Å²) in [5.41, 5.74) is 3.00. The van der Waals surface area contributed by atoms with Crippen molar-refractivity contribution < 1.29 is 27.1 Å². The number of benzene rings is 2. The quantitative estimate of drug-likeness (QED) is 0.249. The number of hydrogen-bond donors (Lipinski definition) is 2. The zero-order chi connectivity index (χ0) is 31.1. The predicted octanol–water partition coefficient (Wildman–Crippen LogP) is 4.98. The van der Waals surface area contributed by atoms with Crippen LogP contribution in [0, 0.1) is 23.0 Å². The van der Waals surface area contributed by atoms with Gasteiger partial charge in [0.15, 0.2) is 16.7 Å². The number of sulfonamides is 1. The van der Waals surface area contributed by atoms with Crippen LogP contribution < -0.4 is 14.5 Å². The van der Waals surface area contributed by atoms with Gasteiger partial charge in [0, 0.05) is 42.0 Å². The third-order valence-corrected chi connectivity index (χ3v) is 9.32. The third-order valence-electron chi connectivity index (χ3n) is 7.02. The number of hydrogen-bond acceptors (Lipinski definition) is 9. The summed E-state index contributed by atoms with van der Waals surface area (Å²) in [6, 6.07) is 12.4. The monoisotopic (exact) mass is 626 g/mol. The Morgan fingerprint density at radius 3 is 2.51 bits per heavy atom. The van der Waals surface area contributed by atoms with Gasteiger partial charge in [0.25, 0.3) is 0 Å². The highest BCUT2D eigenvalue weighted by Gasteiger charge is 2.32. The van der Waals surface area contributed by atoms with E-state index in [-0.39, 0.29) is 24.5 Å². The first-order valence-corrected chi connectivity index (χ1v) is 15.9. The lowest BCUT2D eigenvalue weighted by Gasteiger charge is -2.41. The van der Waals surface area contributed by atoms with Crippen molar-refractivity contribution in [2.24, 2.45) is 0 Å². The number of fused-ring (bicyclic) bond motifs is 1. The number of carboxylic acids is 1. The van der Waals surface area contributed by atoms with Crippen molar-refractivity contribution in [1.82, 2.24) is 14.7 Å². The van der Waals surface area contributed by atoms with Gasteiger partial charge in [0.2, 0.25) is 10.0 Å². The van der Waals surface area contributed by atoms with Gasteiger partial charge in [-0.2, -0.15) is 5.26 Å². The van der Waals surface area contributed by atoms with Crippen LogP contribution in [0.5, 0.6) is 0 Å². The molecule has 14 heteroatoms. The number of aromatic nitrogens is 2. The van der Waals surface area contributed by atoms with E-state index in [1.807, 2.05) is 31.7 Å². The molecule has 0 amide bonds. The third kappa shape index (κ3) is 6.29. The van der Waals surface area contributed by atoms with E-state index in [9.17, 15) is 22.9 Å². The number of nitrogens with zero attached hydrogens (tertiary/aromatic N) is 5. The number of thiazole rings is 1. The van der Waals surface area contributed by atoms with Crippen molar-refractivity contribution in [3.8, 4) is 17.3 Å². The average molecular weight is 627 g/mol. The Hall–Kier alpha value is -4.19. The van der Waals surface area contributed by atoms with E-state index in [1.54, 1.807) is 23.1 Å². The number of nitrogens with one attached hydrogen (secondary N) is 1. The largest absolute Gasteiger partial charge is 0.480 e. The topological polar surface area (TPSA) is 140 Å². The minimum atomic E-state index is -3.99. The summed E-state index contributed by atoms with van der Waals surface area (Å²) in [6.07, 6.45) is 0. The first-order valence-electron chi connectivity index (χ1n) is 13.4. The highest BCUT2D eigenvalue weighted by molar-refractivity contribution is 7.90. The molecule has 0 radical (unpaired) electrons. The molecule has 3 heterocycles. The Kier molecular flexibility index (Phi) is 8.33. The summed E-state index contributed by atoms with van der Waals surface area (Å²) in [7, 11) is -3.99. The van der Waals surface area contributed by atoms with Crippen molar-refractivity contribution in [3.63, 3.8) is 0 Å². The number of carbonyl (C=O) groups is 1. The molecular formula is C29H28F2N6O4S2. The van der Waals surface area contributed by atoms with Gasteiger partial charge in [-0.25, -0.2) is 31.9 Å². The molecule has 224 valence electrons. The second-order valence-corrected chi connectivity index (χ2v) is 13.2. The zero-order valence-corrected chi connectivity index (χ0v) is 25.1. The minimum absolute atomic E-state index is 0.0170. The number of aliphatic carboxylic acids is 1. The summed E-state index contributed by atoms with van der Waals surface area (Å²) in [5.74, 6) is -3.45. The van der Waals surface area contributed by atoms with Crippen LogP contribution in [-0.4, -0.2) is 60.9 Å². The van der Waals surface area contributed by atoms with Gasteiger partial charge in [-0.1, -0.05) is 25.2 Å². The van der Waals surface area contributed by atoms with Crippen LogP contribution in [0.1, 0.15) is 37.3 Å². The lowest BCUT2D eigenvalue weighted by molar-refractivity contribution is -0.134. The van der Waals surface area contributed by atoms with E-state index in [1.165, 1.54) is 29.5 Å².